The van der Waals surface area contributed by atoms with E-state index in [9.17, 15) is 22.4 Å². The number of hydrogen-bond acceptors (Lipinski definition) is 6. The Morgan fingerprint density at radius 2 is 2.04 bits per heavy atom. The first-order valence-electron chi connectivity index (χ1n) is 8.30. The molecular weight excluding hydrogens is 407 g/mol. The average molecular weight is 429 g/mol. The van der Waals surface area contributed by atoms with Gasteiger partial charge in [-0.05, 0) is 38.0 Å². The smallest absolute Gasteiger partial charge is 0.321 e. The van der Waals surface area contributed by atoms with Crippen molar-refractivity contribution in [3.8, 4) is 10.4 Å². The van der Waals surface area contributed by atoms with Crippen LogP contribution >= 0.6 is 11.3 Å². The van der Waals surface area contributed by atoms with E-state index < -0.39 is 27.6 Å². The molecule has 28 heavy (non-hydrogen) atoms. The summed E-state index contributed by atoms with van der Waals surface area (Å²) in [7, 11) is -3.66. The fraction of sp³-hybridized carbons (Fsp3) is 0.353. The lowest BCUT2D eigenvalue weighted by atomic mass is 10.1. The molecular formula is C17H21FN4O4S2. The van der Waals surface area contributed by atoms with Gasteiger partial charge in [0, 0.05) is 18.7 Å². The van der Waals surface area contributed by atoms with Crippen molar-refractivity contribution < 1.29 is 22.4 Å². The molecule has 0 radical (unpaired) electrons. The number of sulfone groups is 1. The van der Waals surface area contributed by atoms with Gasteiger partial charge in [0.2, 0.25) is 5.91 Å². The number of benzene rings is 1. The van der Waals surface area contributed by atoms with Crippen LogP contribution in [0.5, 0.6) is 0 Å². The Bertz CT molecular complexity index is 1000. The van der Waals surface area contributed by atoms with E-state index in [1.807, 2.05) is 0 Å². The number of amides is 3. The number of anilines is 1. The lowest BCUT2D eigenvalue weighted by molar-refractivity contribution is -0.118. The lowest BCUT2D eigenvalue weighted by Crippen LogP contribution is -2.36. The van der Waals surface area contributed by atoms with Crippen molar-refractivity contribution in [2.45, 2.75) is 37.6 Å². The summed E-state index contributed by atoms with van der Waals surface area (Å²) in [6.07, 6.45) is 1.52. The van der Waals surface area contributed by atoms with Crippen LogP contribution in [0.4, 0.5) is 14.3 Å². The highest BCUT2D eigenvalue weighted by Crippen LogP contribution is 2.34. The monoisotopic (exact) mass is 428 g/mol. The van der Waals surface area contributed by atoms with Gasteiger partial charge in [0.05, 0.1) is 10.6 Å². The second kappa shape index (κ2) is 8.65. The molecule has 3 amide bonds. The fourth-order valence-electron chi connectivity index (χ4n) is 2.45. The highest BCUT2D eigenvalue weighted by Gasteiger charge is 2.18. The van der Waals surface area contributed by atoms with Crippen molar-refractivity contribution in [1.29, 1.82) is 0 Å². The number of primary amides is 1. The highest BCUT2D eigenvalue weighted by molar-refractivity contribution is 7.90. The zero-order chi connectivity index (χ0) is 21.1. The molecule has 8 nitrogen and oxygen atoms in total. The summed E-state index contributed by atoms with van der Waals surface area (Å²) >= 11 is 1.14. The van der Waals surface area contributed by atoms with Crippen molar-refractivity contribution in [2.75, 3.05) is 11.6 Å². The maximum absolute atomic E-state index is 14.1. The minimum absolute atomic E-state index is 0.164. The van der Waals surface area contributed by atoms with Crippen LogP contribution in [0.1, 0.15) is 25.5 Å². The molecule has 0 aliphatic rings. The highest BCUT2D eigenvalue weighted by atomic mass is 32.2. The molecule has 2 rings (SSSR count). The van der Waals surface area contributed by atoms with Gasteiger partial charge in [0.25, 0.3) is 0 Å². The van der Waals surface area contributed by atoms with Crippen molar-refractivity contribution in [1.82, 2.24) is 10.3 Å². The molecule has 1 heterocycles. The van der Waals surface area contributed by atoms with Gasteiger partial charge in [-0.3, -0.25) is 10.1 Å². The molecule has 0 fully saturated rings. The Balaban J connectivity index is 2.12. The van der Waals surface area contributed by atoms with E-state index in [0.717, 1.165) is 23.7 Å². The van der Waals surface area contributed by atoms with Gasteiger partial charge in [-0.25, -0.2) is 22.6 Å². The van der Waals surface area contributed by atoms with Gasteiger partial charge in [0.1, 0.15) is 10.7 Å². The second-order valence-corrected chi connectivity index (χ2v) is 9.34. The summed E-state index contributed by atoms with van der Waals surface area (Å²) in [6, 6.07) is 3.09. The quantitative estimate of drug-likeness (QED) is 0.623. The third-order valence-corrected chi connectivity index (χ3v) is 6.06. The normalized spacial score (nSPS) is 12.4. The number of carbonyl (C=O) groups excluding carboxylic acids is 2. The van der Waals surface area contributed by atoms with E-state index in [2.05, 4.69) is 15.6 Å². The minimum Gasteiger partial charge on any atom is -0.370 e. The molecule has 4 N–H and O–H groups in total. The van der Waals surface area contributed by atoms with E-state index >= 15 is 0 Å². The molecule has 0 bridgehead atoms. The van der Waals surface area contributed by atoms with E-state index in [4.69, 9.17) is 5.73 Å². The number of nitrogens with one attached hydrogen (secondary N) is 2. The van der Waals surface area contributed by atoms with Crippen LogP contribution in [-0.2, 0) is 14.6 Å². The van der Waals surface area contributed by atoms with Crippen molar-refractivity contribution in [3.05, 3.63) is 29.7 Å². The predicted octanol–water partition coefficient (Wildman–Crippen LogP) is 2.44. The van der Waals surface area contributed by atoms with Crippen molar-refractivity contribution in [2.24, 2.45) is 5.73 Å². The second-order valence-electron chi connectivity index (χ2n) is 6.36. The summed E-state index contributed by atoms with van der Waals surface area (Å²) in [5, 5.41) is 5.57. The first-order valence-corrected chi connectivity index (χ1v) is 11.0. The maximum atomic E-state index is 14.1. The van der Waals surface area contributed by atoms with Gasteiger partial charge >= 0.3 is 6.03 Å². The minimum atomic E-state index is -3.66. The van der Waals surface area contributed by atoms with Crippen LogP contribution < -0.4 is 16.4 Å². The molecule has 2 aromatic rings. The number of hydrogen-bond donors (Lipinski definition) is 3. The summed E-state index contributed by atoms with van der Waals surface area (Å²) in [4.78, 5) is 27.3. The standard InChI is InChI=1S/C17H21FN4O4S2/c1-9(4-7-14(19)23)20-16(24)22-17-21-10(2)15(27-17)11-5-6-13(12(18)8-11)28(3,25)26/h5-6,8-9H,4,7H2,1-3H3,(H2,19,23)(H2,20,21,22,24). The van der Waals surface area contributed by atoms with E-state index in [1.165, 1.54) is 12.1 Å². The molecule has 1 aromatic carbocycles. The molecule has 11 heteroatoms. The van der Waals surface area contributed by atoms with Crippen LogP contribution in [0, 0.1) is 12.7 Å². The van der Waals surface area contributed by atoms with E-state index in [1.54, 1.807) is 13.8 Å². The van der Waals surface area contributed by atoms with E-state index in [-0.39, 0.29) is 17.4 Å². The number of rotatable bonds is 7. The number of aryl methyl sites for hydroxylation is 1. The first-order chi connectivity index (χ1) is 13.0. The zero-order valence-electron chi connectivity index (χ0n) is 15.6. The Labute approximate surface area is 166 Å². The number of urea groups is 1. The van der Waals surface area contributed by atoms with Gasteiger partial charge in [-0.15, -0.1) is 0 Å². The van der Waals surface area contributed by atoms with Gasteiger partial charge in [-0.1, -0.05) is 17.4 Å². The van der Waals surface area contributed by atoms with Crippen LogP contribution in [0.3, 0.4) is 0 Å². The Hall–Kier alpha value is -2.53. The molecule has 0 aliphatic heterocycles. The van der Waals surface area contributed by atoms with Crippen LogP contribution in [0.15, 0.2) is 23.1 Å². The summed E-state index contributed by atoms with van der Waals surface area (Å²) in [5.41, 5.74) is 6.10. The molecule has 0 spiro atoms. The number of nitrogens with zero attached hydrogens (tertiary/aromatic N) is 1. The summed E-state index contributed by atoms with van der Waals surface area (Å²) in [6.45, 7) is 3.44. The Morgan fingerprint density at radius 1 is 1.36 bits per heavy atom. The molecule has 1 aromatic heterocycles. The molecule has 1 unspecified atom stereocenters. The summed E-state index contributed by atoms with van der Waals surface area (Å²) < 4.78 is 37.2. The summed E-state index contributed by atoms with van der Waals surface area (Å²) in [5.74, 6) is -1.29. The van der Waals surface area contributed by atoms with Crippen LogP contribution in [-0.4, -0.2) is 37.6 Å². The number of carbonyl (C=O) groups is 2. The van der Waals surface area contributed by atoms with Crippen LogP contribution in [0.25, 0.3) is 10.4 Å². The molecule has 0 saturated carbocycles. The Kier molecular flexibility index (Phi) is 6.73. The average Bonchev–Trinajstić information content (AvgIpc) is 2.91. The molecule has 0 aliphatic carbocycles. The van der Waals surface area contributed by atoms with Gasteiger partial charge in [0.15, 0.2) is 15.0 Å². The van der Waals surface area contributed by atoms with Crippen molar-refractivity contribution in [3.63, 3.8) is 0 Å². The molecule has 1 atom stereocenters. The Morgan fingerprint density at radius 3 is 2.61 bits per heavy atom. The third-order valence-electron chi connectivity index (χ3n) is 3.81. The number of thiazole rings is 1. The van der Waals surface area contributed by atoms with E-state index in [0.29, 0.717) is 27.7 Å². The number of aromatic nitrogens is 1. The number of nitrogens with two attached hydrogens (primary N) is 1. The fourth-order valence-corrected chi connectivity index (χ4v) is 4.13. The van der Waals surface area contributed by atoms with Gasteiger partial charge in [-0.2, -0.15) is 0 Å². The molecule has 152 valence electrons. The first kappa shape index (κ1) is 21.8. The topological polar surface area (TPSA) is 131 Å². The van der Waals surface area contributed by atoms with Gasteiger partial charge < -0.3 is 11.1 Å². The largest absolute Gasteiger partial charge is 0.370 e. The van der Waals surface area contributed by atoms with Crippen LogP contribution in [0.2, 0.25) is 0 Å². The zero-order valence-corrected chi connectivity index (χ0v) is 17.2. The molecule has 0 saturated heterocycles. The lowest BCUT2D eigenvalue weighted by Gasteiger charge is -2.12. The number of halogens is 1. The SMILES string of the molecule is Cc1nc(NC(=O)NC(C)CCC(N)=O)sc1-c1ccc(S(C)(=O)=O)c(F)c1. The maximum Gasteiger partial charge on any atom is 0.321 e. The predicted molar refractivity (Wildman–Crippen MR) is 105 cm³/mol. The van der Waals surface area contributed by atoms with Crippen molar-refractivity contribution >= 4 is 38.2 Å². The third kappa shape index (κ3) is 5.73.